The number of aromatic nitrogens is 1. The number of esters is 1. The molecule has 2 heterocycles. The molecule has 0 amide bonds. The Balaban J connectivity index is 1.87. The molecule has 1 unspecified atom stereocenters. The molecular formula is C31H30N2O5S. The van der Waals surface area contributed by atoms with Gasteiger partial charge in [-0.15, -0.1) is 0 Å². The molecule has 200 valence electrons. The van der Waals surface area contributed by atoms with E-state index in [0.717, 1.165) is 28.3 Å². The molecule has 1 aliphatic rings. The lowest BCUT2D eigenvalue weighted by atomic mass is 9.90. The summed E-state index contributed by atoms with van der Waals surface area (Å²) in [5, 5.41) is 1.87. The van der Waals surface area contributed by atoms with Crippen LogP contribution in [0.4, 0.5) is 0 Å². The number of rotatable bonds is 8. The maximum Gasteiger partial charge on any atom is 0.338 e. The molecule has 0 fully saturated rings. The molecule has 0 bridgehead atoms. The summed E-state index contributed by atoms with van der Waals surface area (Å²) in [5.41, 5.74) is 2.33. The lowest BCUT2D eigenvalue weighted by Gasteiger charge is -2.28. The number of benzene rings is 3. The fourth-order valence-electron chi connectivity index (χ4n) is 5.01. The average molecular weight is 543 g/mol. The van der Waals surface area contributed by atoms with Gasteiger partial charge in [-0.25, -0.2) is 9.79 Å². The lowest BCUT2D eigenvalue weighted by Crippen LogP contribution is -2.40. The number of allylic oxidation sites excluding steroid dienone is 1. The molecule has 39 heavy (non-hydrogen) atoms. The van der Waals surface area contributed by atoms with Crippen molar-refractivity contribution in [2.45, 2.75) is 32.7 Å². The van der Waals surface area contributed by atoms with E-state index in [1.807, 2.05) is 73.7 Å². The maximum atomic E-state index is 14.1. The van der Waals surface area contributed by atoms with Crippen molar-refractivity contribution in [1.29, 1.82) is 0 Å². The van der Waals surface area contributed by atoms with Crippen molar-refractivity contribution in [2.75, 3.05) is 20.8 Å². The number of thiazole rings is 1. The maximum absolute atomic E-state index is 14.1. The van der Waals surface area contributed by atoms with Gasteiger partial charge >= 0.3 is 5.97 Å². The summed E-state index contributed by atoms with van der Waals surface area (Å²) in [6, 6.07) is 18.5. The van der Waals surface area contributed by atoms with E-state index in [9.17, 15) is 9.59 Å². The summed E-state index contributed by atoms with van der Waals surface area (Å²) >= 11 is 1.30. The second-order valence-electron chi connectivity index (χ2n) is 9.09. The minimum atomic E-state index is -0.768. The first kappa shape index (κ1) is 26.4. The number of methoxy groups -OCH3 is 2. The molecule has 1 atom stereocenters. The Morgan fingerprint density at radius 1 is 1.05 bits per heavy atom. The van der Waals surface area contributed by atoms with Gasteiger partial charge in [-0.2, -0.15) is 0 Å². The molecule has 0 N–H and O–H groups in total. The first-order valence-electron chi connectivity index (χ1n) is 12.9. The van der Waals surface area contributed by atoms with Crippen molar-refractivity contribution < 1.29 is 19.0 Å². The zero-order valence-electron chi connectivity index (χ0n) is 22.4. The van der Waals surface area contributed by atoms with Crippen LogP contribution in [0.2, 0.25) is 0 Å². The first-order valence-corrected chi connectivity index (χ1v) is 13.7. The molecule has 0 radical (unpaired) electrons. The van der Waals surface area contributed by atoms with Gasteiger partial charge in [-0.1, -0.05) is 67.1 Å². The van der Waals surface area contributed by atoms with Gasteiger partial charge in [0.2, 0.25) is 0 Å². The van der Waals surface area contributed by atoms with Gasteiger partial charge in [-0.05, 0) is 54.0 Å². The van der Waals surface area contributed by atoms with Crippen molar-refractivity contribution in [1.82, 2.24) is 4.57 Å². The summed E-state index contributed by atoms with van der Waals surface area (Å²) in [5.74, 6) is 0.803. The summed E-state index contributed by atoms with van der Waals surface area (Å²) in [6.45, 7) is 4.02. The summed E-state index contributed by atoms with van der Waals surface area (Å²) in [7, 11) is 3.21. The predicted octanol–water partition coefficient (Wildman–Crippen LogP) is 4.75. The number of hydrogen-bond donors (Lipinski definition) is 0. The Morgan fingerprint density at radius 3 is 2.62 bits per heavy atom. The lowest BCUT2D eigenvalue weighted by molar-refractivity contribution is -0.139. The van der Waals surface area contributed by atoms with Crippen LogP contribution in [0.15, 0.2) is 81.7 Å². The van der Waals surface area contributed by atoms with Crippen LogP contribution in [-0.4, -0.2) is 31.4 Å². The van der Waals surface area contributed by atoms with Crippen LogP contribution in [-0.2, 0) is 9.53 Å². The second kappa shape index (κ2) is 11.3. The van der Waals surface area contributed by atoms with Gasteiger partial charge in [0, 0.05) is 5.56 Å². The Morgan fingerprint density at radius 2 is 1.87 bits per heavy atom. The van der Waals surface area contributed by atoms with Crippen molar-refractivity contribution in [2.24, 2.45) is 4.99 Å². The van der Waals surface area contributed by atoms with Crippen LogP contribution in [0.25, 0.3) is 16.8 Å². The SMILES string of the molecule is CCCC1=C(C(=O)OCC)C(c2c(OC)ccc3ccccc23)n2c(s/c(=C\c3cccc(OC)c3)c2=O)=N1. The molecule has 0 saturated carbocycles. The average Bonchev–Trinajstić information content (AvgIpc) is 3.26. The van der Waals surface area contributed by atoms with Gasteiger partial charge in [0.05, 0.1) is 36.6 Å². The minimum absolute atomic E-state index is 0.210. The van der Waals surface area contributed by atoms with Crippen LogP contribution in [0.1, 0.15) is 43.9 Å². The zero-order chi connectivity index (χ0) is 27.5. The number of ether oxygens (including phenoxy) is 3. The molecule has 0 spiro atoms. The van der Waals surface area contributed by atoms with E-state index in [4.69, 9.17) is 19.2 Å². The third-order valence-electron chi connectivity index (χ3n) is 6.71. The zero-order valence-corrected chi connectivity index (χ0v) is 23.2. The minimum Gasteiger partial charge on any atom is -0.497 e. The highest BCUT2D eigenvalue weighted by molar-refractivity contribution is 7.07. The van der Waals surface area contributed by atoms with Crippen LogP contribution >= 0.6 is 11.3 Å². The van der Waals surface area contributed by atoms with Crippen molar-refractivity contribution in [3.8, 4) is 11.5 Å². The first-order chi connectivity index (χ1) is 19.0. The van der Waals surface area contributed by atoms with E-state index in [0.29, 0.717) is 38.5 Å². The van der Waals surface area contributed by atoms with Crippen molar-refractivity contribution in [3.05, 3.63) is 103 Å². The molecule has 5 rings (SSSR count). The number of carbonyl (C=O) groups is 1. The predicted molar refractivity (Wildman–Crippen MR) is 153 cm³/mol. The standard InChI is InChI=1S/C31H30N2O5S/c1-5-10-23-27(30(35)38-6-2)28(26-22-14-8-7-12-20(22)15-16-24(26)37-4)33-29(34)25(39-31(33)32-23)18-19-11-9-13-21(17-19)36-3/h7-9,11-18,28H,5-6,10H2,1-4H3/b25-18-. The Kier molecular flexibility index (Phi) is 7.65. The van der Waals surface area contributed by atoms with Crippen molar-refractivity contribution >= 4 is 34.2 Å². The normalized spacial score (nSPS) is 15.2. The van der Waals surface area contributed by atoms with Gasteiger partial charge in [-0.3, -0.25) is 9.36 Å². The Hall–Kier alpha value is -4.17. The second-order valence-corrected chi connectivity index (χ2v) is 10.1. The molecule has 0 aliphatic carbocycles. The van der Waals surface area contributed by atoms with Crippen LogP contribution in [0.3, 0.4) is 0 Å². The quantitative estimate of drug-likeness (QED) is 0.300. The molecule has 0 saturated heterocycles. The molecule has 1 aromatic heterocycles. The summed E-state index contributed by atoms with van der Waals surface area (Å²) < 4.78 is 18.9. The highest BCUT2D eigenvalue weighted by Gasteiger charge is 2.37. The van der Waals surface area contributed by atoms with E-state index >= 15 is 0 Å². The molecular weight excluding hydrogens is 512 g/mol. The van der Waals surface area contributed by atoms with E-state index in [2.05, 4.69) is 0 Å². The van der Waals surface area contributed by atoms with E-state index in [1.54, 1.807) is 25.7 Å². The number of fused-ring (bicyclic) bond motifs is 2. The largest absolute Gasteiger partial charge is 0.497 e. The number of hydrogen-bond acceptors (Lipinski definition) is 7. The summed E-state index contributed by atoms with van der Waals surface area (Å²) in [6.07, 6.45) is 3.18. The number of carbonyl (C=O) groups excluding carboxylic acids is 1. The smallest absolute Gasteiger partial charge is 0.338 e. The van der Waals surface area contributed by atoms with Crippen LogP contribution < -0.4 is 24.4 Å². The van der Waals surface area contributed by atoms with E-state index in [1.165, 1.54) is 11.3 Å². The summed E-state index contributed by atoms with van der Waals surface area (Å²) in [4.78, 5) is 33.1. The van der Waals surface area contributed by atoms with Crippen LogP contribution in [0, 0.1) is 0 Å². The van der Waals surface area contributed by atoms with Crippen molar-refractivity contribution in [3.63, 3.8) is 0 Å². The third-order valence-corrected chi connectivity index (χ3v) is 7.69. The fourth-order valence-corrected chi connectivity index (χ4v) is 6.03. The number of nitrogens with zero attached hydrogens (tertiary/aromatic N) is 2. The molecule has 7 nitrogen and oxygen atoms in total. The Labute approximate surface area is 230 Å². The topological polar surface area (TPSA) is 79.1 Å². The molecule has 4 aromatic rings. The molecule has 3 aromatic carbocycles. The highest BCUT2D eigenvalue weighted by Crippen LogP contribution is 2.41. The highest BCUT2D eigenvalue weighted by atomic mass is 32.1. The fraction of sp³-hybridized carbons (Fsp3) is 0.258. The van der Waals surface area contributed by atoms with E-state index in [-0.39, 0.29) is 12.2 Å². The molecule has 8 heteroatoms. The Bertz CT molecular complexity index is 1770. The monoisotopic (exact) mass is 542 g/mol. The van der Waals surface area contributed by atoms with Gasteiger partial charge in [0.1, 0.15) is 17.5 Å². The molecule has 1 aliphatic heterocycles. The van der Waals surface area contributed by atoms with Crippen LogP contribution in [0.5, 0.6) is 11.5 Å². The van der Waals surface area contributed by atoms with Gasteiger partial charge in [0.15, 0.2) is 4.80 Å². The van der Waals surface area contributed by atoms with Gasteiger partial charge in [0.25, 0.3) is 5.56 Å². The third kappa shape index (κ3) is 4.88. The van der Waals surface area contributed by atoms with E-state index < -0.39 is 12.0 Å². The van der Waals surface area contributed by atoms with Gasteiger partial charge < -0.3 is 14.2 Å².